The number of aromatic nitrogens is 1. The Morgan fingerprint density at radius 1 is 1.77 bits per heavy atom. The third-order valence-corrected chi connectivity index (χ3v) is 2.55. The number of carbonyl (C=O) groups excluding carboxylic acids is 1. The molecule has 0 spiro atoms. The largest absolute Gasteiger partial charge is 0.381 e. The highest BCUT2D eigenvalue weighted by molar-refractivity contribution is 7.09. The molecule has 1 aromatic rings. The first-order chi connectivity index (χ1) is 6.22. The van der Waals surface area contributed by atoms with E-state index in [4.69, 9.17) is 4.74 Å². The molecule has 0 fully saturated rings. The van der Waals surface area contributed by atoms with Gasteiger partial charge in [0.15, 0.2) is 0 Å². The van der Waals surface area contributed by atoms with Gasteiger partial charge in [-0.2, -0.15) is 0 Å². The minimum absolute atomic E-state index is 0.0143. The van der Waals surface area contributed by atoms with Gasteiger partial charge in [-0.3, -0.25) is 9.78 Å². The van der Waals surface area contributed by atoms with Crippen LogP contribution in [0.3, 0.4) is 0 Å². The minimum atomic E-state index is 0.0143. The lowest BCUT2D eigenvalue weighted by molar-refractivity contribution is -0.120. The number of carbonyl (C=O) groups is 1. The van der Waals surface area contributed by atoms with E-state index in [0.29, 0.717) is 12.8 Å². The number of thiazole rings is 1. The summed E-state index contributed by atoms with van der Waals surface area (Å²) >= 11 is 1.51. The Balaban J connectivity index is 2.34. The van der Waals surface area contributed by atoms with Gasteiger partial charge in [-0.05, 0) is 6.92 Å². The second-order valence-electron chi connectivity index (χ2n) is 2.93. The summed E-state index contributed by atoms with van der Waals surface area (Å²) in [6.07, 6.45) is 2.72. The monoisotopic (exact) mass is 199 g/mol. The van der Waals surface area contributed by atoms with E-state index in [2.05, 4.69) is 4.98 Å². The van der Waals surface area contributed by atoms with Gasteiger partial charge in [0.25, 0.3) is 0 Å². The summed E-state index contributed by atoms with van der Waals surface area (Å²) in [7, 11) is 1.62. The van der Waals surface area contributed by atoms with E-state index in [0.717, 1.165) is 4.88 Å². The fraction of sp³-hybridized carbons (Fsp3) is 0.556. The average molecular weight is 199 g/mol. The van der Waals surface area contributed by atoms with Crippen molar-refractivity contribution in [2.45, 2.75) is 25.9 Å². The lowest BCUT2D eigenvalue weighted by Gasteiger charge is -2.06. The molecule has 0 saturated carbocycles. The summed E-state index contributed by atoms with van der Waals surface area (Å²) < 4.78 is 5.01. The predicted octanol–water partition coefficient (Wildman–Crippen LogP) is 1.68. The van der Waals surface area contributed by atoms with E-state index in [1.165, 1.54) is 11.3 Å². The van der Waals surface area contributed by atoms with Gasteiger partial charge in [0, 0.05) is 31.0 Å². The van der Waals surface area contributed by atoms with Crippen molar-refractivity contribution in [3.8, 4) is 0 Å². The molecular weight excluding hydrogens is 186 g/mol. The molecular formula is C9H13NO2S. The Kier molecular flexibility index (Phi) is 4.05. The van der Waals surface area contributed by atoms with Crippen molar-refractivity contribution in [1.29, 1.82) is 0 Å². The fourth-order valence-electron chi connectivity index (χ4n) is 1.000. The van der Waals surface area contributed by atoms with Crippen LogP contribution < -0.4 is 0 Å². The normalized spacial score (nSPS) is 12.8. The topological polar surface area (TPSA) is 39.2 Å². The van der Waals surface area contributed by atoms with Gasteiger partial charge >= 0.3 is 0 Å². The van der Waals surface area contributed by atoms with Crippen LogP contribution in [0.15, 0.2) is 11.7 Å². The van der Waals surface area contributed by atoms with Crippen LogP contribution in [0.5, 0.6) is 0 Å². The Hall–Kier alpha value is -0.740. The number of nitrogens with zero attached hydrogens (tertiary/aromatic N) is 1. The van der Waals surface area contributed by atoms with Crippen LogP contribution in [0.1, 0.15) is 18.2 Å². The molecule has 0 aliphatic carbocycles. The van der Waals surface area contributed by atoms with Gasteiger partial charge in [0.05, 0.1) is 11.6 Å². The third kappa shape index (κ3) is 3.65. The number of ketones is 1. The Bertz CT molecular complexity index is 259. The van der Waals surface area contributed by atoms with Crippen molar-refractivity contribution >= 4 is 17.1 Å². The number of hydrogen-bond donors (Lipinski definition) is 0. The molecule has 13 heavy (non-hydrogen) atoms. The van der Waals surface area contributed by atoms with Crippen molar-refractivity contribution in [3.05, 3.63) is 16.6 Å². The Morgan fingerprint density at radius 2 is 2.54 bits per heavy atom. The maximum absolute atomic E-state index is 11.4. The van der Waals surface area contributed by atoms with Gasteiger partial charge < -0.3 is 4.74 Å². The molecule has 0 bridgehead atoms. The highest BCUT2D eigenvalue weighted by atomic mass is 32.1. The Labute approximate surface area is 81.8 Å². The Morgan fingerprint density at radius 3 is 3.08 bits per heavy atom. The summed E-state index contributed by atoms with van der Waals surface area (Å²) in [5.41, 5.74) is 1.74. The number of hydrogen-bond acceptors (Lipinski definition) is 4. The van der Waals surface area contributed by atoms with Crippen molar-refractivity contribution in [3.63, 3.8) is 0 Å². The number of ether oxygens (including phenoxy) is 1. The van der Waals surface area contributed by atoms with E-state index in [1.807, 2.05) is 6.92 Å². The zero-order chi connectivity index (χ0) is 9.68. The van der Waals surface area contributed by atoms with E-state index in [1.54, 1.807) is 18.8 Å². The molecule has 1 aromatic heterocycles. The van der Waals surface area contributed by atoms with E-state index >= 15 is 0 Å². The standard InChI is InChI=1S/C9H13NO2S/c1-7(12-2)3-8(11)4-9-5-10-6-13-9/h5-7H,3-4H2,1-2H3. The van der Waals surface area contributed by atoms with Crippen LogP contribution in [-0.4, -0.2) is 24.0 Å². The number of rotatable bonds is 5. The molecule has 1 heterocycles. The van der Waals surface area contributed by atoms with Crippen LogP contribution in [0.25, 0.3) is 0 Å². The highest BCUT2D eigenvalue weighted by Crippen LogP contribution is 2.09. The molecule has 0 aliphatic heterocycles. The minimum Gasteiger partial charge on any atom is -0.381 e. The molecule has 4 heteroatoms. The molecule has 0 radical (unpaired) electrons. The maximum atomic E-state index is 11.4. The predicted molar refractivity (Wildman–Crippen MR) is 51.9 cm³/mol. The lowest BCUT2D eigenvalue weighted by atomic mass is 10.1. The highest BCUT2D eigenvalue weighted by Gasteiger charge is 2.09. The summed E-state index contributed by atoms with van der Waals surface area (Å²) in [5.74, 6) is 0.207. The summed E-state index contributed by atoms with van der Waals surface area (Å²) in [6, 6.07) is 0. The van der Waals surface area contributed by atoms with Gasteiger partial charge in [-0.25, -0.2) is 0 Å². The molecule has 72 valence electrons. The zero-order valence-corrected chi connectivity index (χ0v) is 8.63. The average Bonchev–Trinajstić information content (AvgIpc) is 2.56. The molecule has 1 atom stereocenters. The van der Waals surface area contributed by atoms with E-state index in [-0.39, 0.29) is 11.9 Å². The number of methoxy groups -OCH3 is 1. The first kappa shape index (κ1) is 10.3. The van der Waals surface area contributed by atoms with Gasteiger partial charge in [0.2, 0.25) is 0 Å². The molecule has 3 nitrogen and oxygen atoms in total. The molecule has 0 aliphatic rings. The molecule has 0 amide bonds. The quantitative estimate of drug-likeness (QED) is 0.724. The third-order valence-electron chi connectivity index (χ3n) is 1.77. The zero-order valence-electron chi connectivity index (χ0n) is 7.82. The summed E-state index contributed by atoms with van der Waals surface area (Å²) in [5, 5.41) is 0. The van der Waals surface area contributed by atoms with Crippen LogP contribution in [0, 0.1) is 0 Å². The molecule has 0 aromatic carbocycles. The van der Waals surface area contributed by atoms with Crippen LogP contribution in [-0.2, 0) is 16.0 Å². The van der Waals surface area contributed by atoms with Crippen LogP contribution >= 0.6 is 11.3 Å². The second kappa shape index (κ2) is 5.09. The number of Topliss-reactive ketones (excluding diaryl/α,β-unsaturated/α-hetero) is 1. The van der Waals surface area contributed by atoms with Crippen molar-refractivity contribution < 1.29 is 9.53 Å². The van der Waals surface area contributed by atoms with Crippen molar-refractivity contribution in [2.75, 3.05) is 7.11 Å². The van der Waals surface area contributed by atoms with Gasteiger partial charge in [-0.1, -0.05) is 0 Å². The van der Waals surface area contributed by atoms with Gasteiger partial charge in [-0.15, -0.1) is 11.3 Å². The molecule has 1 rings (SSSR count). The second-order valence-corrected chi connectivity index (χ2v) is 3.90. The molecule has 0 N–H and O–H groups in total. The molecule has 1 unspecified atom stereocenters. The van der Waals surface area contributed by atoms with Crippen molar-refractivity contribution in [1.82, 2.24) is 4.98 Å². The van der Waals surface area contributed by atoms with E-state index in [9.17, 15) is 4.79 Å². The molecule has 0 saturated heterocycles. The summed E-state index contributed by atoms with van der Waals surface area (Å²) in [6.45, 7) is 1.89. The SMILES string of the molecule is COC(C)CC(=O)Cc1cncs1. The lowest BCUT2D eigenvalue weighted by Crippen LogP contribution is -2.13. The maximum Gasteiger partial charge on any atom is 0.140 e. The first-order valence-electron chi connectivity index (χ1n) is 4.14. The first-order valence-corrected chi connectivity index (χ1v) is 5.02. The van der Waals surface area contributed by atoms with E-state index < -0.39 is 0 Å². The van der Waals surface area contributed by atoms with Crippen LogP contribution in [0.4, 0.5) is 0 Å². The van der Waals surface area contributed by atoms with Gasteiger partial charge in [0.1, 0.15) is 5.78 Å². The van der Waals surface area contributed by atoms with Crippen molar-refractivity contribution in [2.24, 2.45) is 0 Å². The van der Waals surface area contributed by atoms with Crippen LogP contribution in [0.2, 0.25) is 0 Å². The smallest absolute Gasteiger partial charge is 0.140 e. The fourth-order valence-corrected chi connectivity index (χ4v) is 1.62. The summed E-state index contributed by atoms with van der Waals surface area (Å²) in [4.78, 5) is 16.3.